The Labute approximate surface area is 172 Å². The van der Waals surface area contributed by atoms with Crippen LogP contribution in [0, 0.1) is 12.7 Å². The van der Waals surface area contributed by atoms with Crippen molar-refractivity contribution in [2.45, 2.75) is 63.6 Å². The van der Waals surface area contributed by atoms with E-state index in [4.69, 9.17) is 0 Å². The number of hydrogen-bond acceptors (Lipinski definition) is 3. The summed E-state index contributed by atoms with van der Waals surface area (Å²) in [5.74, 6) is 0.0249. The van der Waals surface area contributed by atoms with Crippen molar-refractivity contribution in [3.05, 3.63) is 53.6 Å². The minimum Gasteiger partial charge on any atom is -0.336 e. The smallest absolute Gasteiger partial charge is 0.247 e. The quantitative estimate of drug-likeness (QED) is 0.791. The van der Waals surface area contributed by atoms with Gasteiger partial charge in [0, 0.05) is 36.9 Å². The number of carbonyl (C=O) groups is 1. The number of likely N-dealkylation sites (tertiary alicyclic amines) is 2. The minimum atomic E-state index is -0.343. The maximum absolute atomic E-state index is 14.0. The number of hydrogen-bond donors (Lipinski definition) is 0. The van der Waals surface area contributed by atoms with Crippen LogP contribution >= 0.6 is 0 Å². The van der Waals surface area contributed by atoms with Crippen LogP contribution in [0.4, 0.5) is 4.39 Å². The average Bonchev–Trinajstić information content (AvgIpc) is 3.24. The molecule has 2 saturated heterocycles. The molecule has 1 amide bonds. The van der Waals surface area contributed by atoms with Crippen molar-refractivity contribution in [2.24, 2.45) is 0 Å². The molecule has 0 saturated carbocycles. The Morgan fingerprint density at radius 2 is 2.07 bits per heavy atom. The van der Waals surface area contributed by atoms with Gasteiger partial charge in [-0.05, 0) is 57.5 Å². The van der Waals surface area contributed by atoms with Crippen LogP contribution in [0.15, 0.2) is 36.5 Å². The summed E-state index contributed by atoms with van der Waals surface area (Å²) in [6.07, 6.45) is 6.15. The van der Waals surface area contributed by atoms with E-state index in [-0.39, 0.29) is 29.7 Å². The molecule has 0 N–H and O–H groups in total. The van der Waals surface area contributed by atoms with Crippen LogP contribution in [0.2, 0.25) is 0 Å². The summed E-state index contributed by atoms with van der Waals surface area (Å²) >= 11 is 0. The highest BCUT2D eigenvalue weighted by Crippen LogP contribution is 2.39. The summed E-state index contributed by atoms with van der Waals surface area (Å²) in [7, 11) is 2.14. The average molecular weight is 399 g/mol. The summed E-state index contributed by atoms with van der Waals surface area (Å²) in [6.45, 7) is 5.51. The van der Waals surface area contributed by atoms with Crippen molar-refractivity contribution in [1.82, 2.24) is 19.6 Å². The van der Waals surface area contributed by atoms with Crippen molar-refractivity contribution in [3.63, 3.8) is 0 Å². The molecule has 4 rings (SSSR count). The van der Waals surface area contributed by atoms with Gasteiger partial charge in [-0.15, -0.1) is 0 Å². The Kier molecular flexibility index (Phi) is 5.72. The molecule has 0 aliphatic carbocycles. The van der Waals surface area contributed by atoms with Crippen molar-refractivity contribution in [2.75, 3.05) is 20.1 Å². The number of halogens is 1. The molecule has 2 fully saturated rings. The van der Waals surface area contributed by atoms with Gasteiger partial charge < -0.3 is 9.80 Å². The normalized spacial score (nSPS) is 26.6. The van der Waals surface area contributed by atoms with Gasteiger partial charge in [0.2, 0.25) is 5.91 Å². The van der Waals surface area contributed by atoms with Gasteiger partial charge in [0.15, 0.2) is 0 Å². The fourth-order valence-corrected chi connectivity index (χ4v) is 5.29. The van der Waals surface area contributed by atoms with Crippen LogP contribution in [0.25, 0.3) is 0 Å². The Morgan fingerprint density at radius 1 is 1.24 bits per heavy atom. The Hall–Kier alpha value is -2.21. The van der Waals surface area contributed by atoms with Gasteiger partial charge in [0.25, 0.3) is 0 Å². The predicted octanol–water partition coefficient (Wildman–Crippen LogP) is 3.76. The third-order valence-electron chi connectivity index (χ3n) is 6.77. The van der Waals surface area contributed by atoms with E-state index < -0.39 is 0 Å². The first-order valence-electron chi connectivity index (χ1n) is 10.7. The van der Waals surface area contributed by atoms with Crippen LogP contribution in [0.1, 0.15) is 55.8 Å². The molecule has 4 atom stereocenters. The number of nitrogens with zero attached hydrogens (tertiary/aromatic N) is 4. The number of fused-ring (bicyclic) bond motifs is 1. The van der Waals surface area contributed by atoms with Crippen LogP contribution in [0.3, 0.4) is 0 Å². The van der Waals surface area contributed by atoms with Crippen LogP contribution in [-0.4, -0.2) is 57.7 Å². The molecule has 0 bridgehead atoms. The summed E-state index contributed by atoms with van der Waals surface area (Å²) in [4.78, 5) is 18.1. The molecule has 2 aliphatic heterocycles. The van der Waals surface area contributed by atoms with Gasteiger partial charge in [-0.1, -0.05) is 25.0 Å². The molecule has 6 heteroatoms. The van der Waals surface area contributed by atoms with E-state index in [2.05, 4.69) is 21.9 Å². The van der Waals surface area contributed by atoms with Gasteiger partial charge >= 0.3 is 0 Å². The van der Waals surface area contributed by atoms with E-state index in [9.17, 15) is 9.18 Å². The first-order chi connectivity index (χ1) is 14.0. The van der Waals surface area contributed by atoms with E-state index in [0.29, 0.717) is 6.04 Å². The SMILES string of the molecule is Cc1ccnn1[C@H](C)C(=O)N1CCCCC[C@@H]2[C@@H]1[C@H](c1cccc(F)c1)CN2C. The van der Waals surface area contributed by atoms with E-state index >= 15 is 0 Å². The lowest BCUT2D eigenvalue weighted by Crippen LogP contribution is -2.52. The first-order valence-corrected chi connectivity index (χ1v) is 10.7. The van der Waals surface area contributed by atoms with E-state index in [1.54, 1.807) is 18.3 Å². The van der Waals surface area contributed by atoms with E-state index in [1.165, 1.54) is 12.5 Å². The highest BCUT2D eigenvalue weighted by molar-refractivity contribution is 5.80. The molecular weight excluding hydrogens is 367 g/mol. The molecule has 0 spiro atoms. The third kappa shape index (κ3) is 3.82. The lowest BCUT2D eigenvalue weighted by molar-refractivity contribution is -0.138. The molecule has 29 heavy (non-hydrogen) atoms. The lowest BCUT2D eigenvalue weighted by Gasteiger charge is -2.40. The summed E-state index contributed by atoms with van der Waals surface area (Å²) in [5.41, 5.74) is 1.98. The van der Waals surface area contributed by atoms with E-state index in [0.717, 1.165) is 43.6 Å². The summed E-state index contributed by atoms with van der Waals surface area (Å²) in [5, 5.41) is 4.37. The fourth-order valence-electron chi connectivity index (χ4n) is 5.29. The fraction of sp³-hybridized carbons (Fsp3) is 0.565. The molecule has 0 unspecified atom stereocenters. The van der Waals surface area contributed by atoms with Gasteiger partial charge in [-0.2, -0.15) is 5.10 Å². The molecule has 156 valence electrons. The zero-order valence-corrected chi connectivity index (χ0v) is 17.6. The van der Waals surface area contributed by atoms with Gasteiger partial charge in [0.1, 0.15) is 11.9 Å². The van der Waals surface area contributed by atoms with Crippen LogP contribution in [0.5, 0.6) is 0 Å². The number of aryl methyl sites for hydroxylation is 1. The van der Waals surface area contributed by atoms with Gasteiger partial charge in [-0.25, -0.2) is 4.39 Å². The standard InChI is InChI=1S/C23H31FN4O/c1-16-11-12-25-28(16)17(2)23(29)27-13-6-4-5-10-21-22(27)20(15-26(21)3)18-8-7-9-19(24)14-18/h7-9,11-12,14,17,20-22H,4-6,10,13,15H2,1-3H3/t17-,20+,21-,22+/m1/s1. The van der Waals surface area contributed by atoms with Gasteiger partial charge in [-0.3, -0.25) is 9.48 Å². The second kappa shape index (κ2) is 8.27. The molecule has 2 aromatic rings. The number of carbonyl (C=O) groups excluding carboxylic acids is 1. The third-order valence-corrected chi connectivity index (χ3v) is 6.77. The second-order valence-corrected chi connectivity index (χ2v) is 8.63. The monoisotopic (exact) mass is 398 g/mol. The molecule has 5 nitrogen and oxygen atoms in total. The number of likely N-dealkylation sites (N-methyl/N-ethyl adjacent to an activating group) is 1. The number of rotatable bonds is 3. The molecule has 1 aromatic carbocycles. The molecule has 2 aliphatic rings. The molecular formula is C23H31FN4O. The topological polar surface area (TPSA) is 41.4 Å². The molecule has 0 radical (unpaired) electrons. The minimum absolute atomic E-state index is 0.0629. The highest BCUT2D eigenvalue weighted by atomic mass is 19.1. The van der Waals surface area contributed by atoms with Crippen LogP contribution in [-0.2, 0) is 4.79 Å². The van der Waals surface area contributed by atoms with Crippen LogP contribution < -0.4 is 0 Å². The predicted molar refractivity (Wildman–Crippen MR) is 111 cm³/mol. The number of benzene rings is 1. The summed E-state index contributed by atoms with van der Waals surface area (Å²) in [6, 6.07) is 8.87. The van der Waals surface area contributed by atoms with E-state index in [1.807, 2.05) is 30.7 Å². The maximum Gasteiger partial charge on any atom is 0.247 e. The Balaban J connectivity index is 1.70. The Bertz CT molecular complexity index is 866. The molecule has 1 aromatic heterocycles. The Morgan fingerprint density at radius 3 is 2.79 bits per heavy atom. The largest absolute Gasteiger partial charge is 0.336 e. The van der Waals surface area contributed by atoms with Crippen molar-refractivity contribution < 1.29 is 9.18 Å². The van der Waals surface area contributed by atoms with Gasteiger partial charge in [0.05, 0.1) is 6.04 Å². The highest BCUT2D eigenvalue weighted by Gasteiger charge is 2.46. The van der Waals surface area contributed by atoms with Crippen molar-refractivity contribution in [3.8, 4) is 0 Å². The number of aromatic nitrogens is 2. The summed E-state index contributed by atoms with van der Waals surface area (Å²) < 4.78 is 15.8. The second-order valence-electron chi connectivity index (χ2n) is 8.63. The number of amides is 1. The zero-order valence-electron chi connectivity index (χ0n) is 17.6. The van der Waals surface area contributed by atoms with Crippen molar-refractivity contribution in [1.29, 1.82) is 0 Å². The molecule has 3 heterocycles. The maximum atomic E-state index is 14.0. The first kappa shape index (κ1) is 20.1. The lowest BCUT2D eigenvalue weighted by atomic mass is 9.86. The van der Waals surface area contributed by atoms with Crippen molar-refractivity contribution >= 4 is 5.91 Å². The zero-order chi connectivity index (χ0) is 20.5.